The highest BCUT2D eigenvalue weighted by atomic mass is 16.5. The van der Waals surface area contributed by atoms with Crippen molar-refractivity contribution in [2.75, 3.05) is 21.3 Å². The van der Waals surface area contributed by atoms with Gasteiger partial charge in [-0.3, -0.25) is 4.79 Å². The van der Waals surface area contributed by atoms with Crippen LogP contribution in [0.15, 0.2) is 60.8 Å². The predicted molar refractivity (Wildman–Crippen MR) is 123 cm³/mol. The Balaban J connectivity index is 1.72. The van der Waals surface area contributed by atoms with Gasteiger partial charge in [-0.1, -0.05) is 43.3 Å². The van der Waals surface area contributed by atoms with Crippen LogP contribution < -0.4 is 14.2 Å². The van der Waals surface area contributed by atoms with Gasteiger partial charge in [0.05, 0.1) is 21.3 Å². The number of hydrogen-bond donors (Lipinski definition) is 1. The third kappa shape index (κ3) is 3.75. The molecule has 0 spiro atoms. The van der Waals surface area contributed by atoms with Crippen LogP contribution in [0.4, 0.5) is 0 Å². The summed E-state index contributed by atoms with van der Waals surface area (Å²) < 4.78 is 16.1. The molecule has 0 unspecified atom stereocenters. The second-order valence-electron chi connectivity index (χ2n) is 7.26. The normalized spacial score (nSPS) is 10.8. The first-order valence-electron chi connectivity index (χ1n) is 10.1. The molecule has 158 valence electrons. The van der Waals surface area contributed by atoms with Crippen molar-refractivity contribution in [3.8, 4) is 28.4 Å². The summed E-state index contributed by atoms with van der Waals surface area (Å²) in [5, 5.41) is 0.868. The van der Waals surface area contributed by atoms with E-state index in [4.69, 9.17) is 14.2 Å². The fourth-order valence-corrected chi connectivity index (χ4v) is 3.79. The van der Waals surface area contributed by atoms with Crippen LogP contribution in [0.25, 0.3) is 22.0 Å². The highest BCUT2D eigenvalue weighted by Crippen LogP contribution is 2.39. The molecule has 1 aromatic heterocycles. The van der Waals surface area contributed by atoms with E-state index >= 15 is 0 Å². The second-order valence-corrected chi connectivity index (χ2v) is 7.26. The molecule has 5 nitrogen and oxygen atoms in total. The Hall–Kier alpha value is -3.73. The first-order valence-corrected chi connectivity index (χ1v) is 10.1. The zero-order valence-electron chi connectivity index (χ0n) is 18.1. The van der Waals surface area contributed by atoms with E-state index in [1.807, 2.05) is 12.1 Å². The number of H-pyrrole nitrogens is 1. The van der Waals surface area contributed by atoms with Crippen LogP contribution >= 0.6 is 0 Å². The summed E-state index contributed by atoms with van der Waals surface area (Å²) >= 11 is 0. The van der Waals surface area contributed by atoms with Gasteiger partial charge in [0.15, 0.2) is 17.3 Å². The van der Waals surface area contributed by atoms with Crippen molar-refractivity contribution in [2.24, 2.45) is 0 Å². The van der Waals surface area contributed by atoms with Gasteiger partial charge in [0.2, 0.25) is 5.75 Å². The summed E-state index contributed by atoms with van der Waals surface area (Å²) in [6.45, 7) is 2.15. The minimum absolute atomic E-state index is 0.120. The molecule has 0 bridgehead atoms. The van der Waals surface area contributed by atoms with E-state index in [0.717, 1.165) is 28.5 Å². The summed E-state index contributed by atoms with van der Waals surface area (Å²) in [5.41, 5.74) is 5.53. The molecule has 1 N–H and O–H groups in total. The molecule has 3 aromatic carbocycles. The van der Waals surface area contributed by atoms with Gasteiger partial charge >= 0.3 is 0 Å². The predicted octanol–water partition coefficient (Wildman–Crippen LogP) is 5.65. The van der Waals surface area contributed by atoms with Crippen molar-refractivity contribution in [1.82, 2.24) is 4.98 Å². The van der Waals surface area contributed by atoms with Crippen molar-refractivity contribution >= 4 is 16.7 Å². The summed E-state index contributed by atoms with van der Waals surface area (Å²) in [7, 11) is 4.60. The van der Waals surface area contributed by atoms with E-state index in [1.54, 1.807) is 18.3 Å². The van der Waals surface area contributed by atoms with Crippen molar-refractivity contribution < 1.29 is 19.0 Å². The number of methoxy groups -OCH3 is 3. The molecule has 31 heavy (non-hydrogen) atoms. The lowest BCUT2D eigenvalue weighted by Crippen LogP contribution is -2.03. The number of carbonyl (C=O) groups excluding carboxylic acids is 1. The number of fused-ring (bicyclic) bond motifs is 1. The van der Waals surface area contributed by atoms with Crippen molar-refractivity contribution in [3.05, 3.63) is 77.5 Å². The molecule has 0 amide bonds. The van der Waals surface area contributed by atoms with Gasteiger partial charge in [-0.2, -0.15) is 0 Å². The van der Waals surface area contributed by atoms with Gasteiger partial charge in [0.25, 0.3) is 0 Å². The van der Waals surface area contributed by atoms with E-state index in [9.17, 15) is 4.79 Å². The zero-order valence-corrected chi connectivity index (χ0v) is 18.1. The maximum atomic E-state index is 13.3. The summed E-state index contributed by atoms with van der Waals surface area (Å²) in [5.74, 6) is 1.23. The third-order valence-electron chi connectivity index (χ3n) is 5.55. The van der Waals surface area contributed by atoms with Gasteiger partial charge in [0, 0.05) is 28.2 Å². The number of benzene rings is 3. The molecule has 4 rings (SSSR count). The van der Waals surface area contributed by atoms with Gasteiger partial charge < -0.3 is 19.2 Å². The fraction of sp³-hybridized carbons (Fsp3) is 0.192. The smallest absolute Gasteiger partial charge is 0.203 e. The van der Waals surface area contributed by atoms with Crippen LogP contribution in [0.2, 0.25) is 0 Å². The standard InChI is InChI=1S/C26H25NO4/c1-5-16-6-8-17(9-7-16)18-10-11-20-21(15-27-22(20)12-18)25(28)19-13-23(29-2)26(31-4)24(14-19)30-3/h6-15,27H,5H2,1-4H3. The molecular formula is C26H25NO4. The van der Waals surface area contributed by atoms with Crippen LogP contribution in [-0.4, -0.2) is 32.1 Å². The lowest BCUT2D eigenvalue weighted by atomic mass is 9.98. The van der Waals surface area contributed by atoms with Crippen LogP contribution in [0.3, 0.4) is 0 Å². The molecule has 5 heteroatoms. The number of aromatic amines is 1. The molecule has 1 heterocycles. The monoisotopic (exact) mass is 415 g/mol. The Morgan fingerprint density at radius 3 is 2.06 bits per heavy atom. The van der Waals surface area contributed by atoms with Crippen LogP contribution in [0.1, 0.15) is 28.4 Å². The highest BCUT2D eigenvalue weighted by molar-refractivity contribution is 6.17. The van der Waals surface area contributed by atoms with Crippen LogP contribution in [0.5, 0.6) is 17.2 Å². The van der Waals surface area contributed by atoms with Gasteiger partial charge in [-0.15, -0.1) is 0 Å². The Morgan fingerprint density at radius 2 is 1.48 bits per heavy atom. The van der Waals surface area contributed by atoms with E-state index in [0.29, 0.717) is 28.4 Å². The van der Waals surface area contributed by atoms with Crippen molar-refractivity contribution in [3.63, 3.8) is 0 Å². The van der Waals surface area contributed by atoms with Crippen LogP contribution in [0, 0.1) is 0 Å². The summed E-state index contributed by atoms with van der Waals surface area (Å²) in [4.78, 5) is 16.6. The number of nitrogens with one attached hydrogen (secondary N) is 1. The lowest BCUT2D eigenvalue weighted by Gasteiger charge is -2.13. The SMILES string of the molecule is CCc1ccc(-c2ccc3c(C(=O)c4cc(OC)c(OC)c(OC)c4)c[nH]c3c2)cc1. The number of aryl methyl sites for hydroxylation is 1. The molecule has 0 atom stereocenters. The Morgan fingerprint density at radius 1 is 0.839 bits per heavy atom. The number of aromatic nitrogens is 1. The average Bonchev–Trinajstić information content (AvgIpc) is 3.25. The molecule has 0 saturated carbocycles. The van der Waals surface area contributed by atoms with Crippen molar-refractivity contribution in [1.29, 1.82) is 0 Å². The number of carbonyl (C=O) groups is 1. The van der Waals surface area contributed by atoms with Gasteiger partial charge in [0.1, 0.15) is 0 Å². The molecule has 0 aliphatic carbocycles. The van der Waals surface area contributed by atoms with E-state index in [2.05, 4.69) is 42.2 Å². The first kappa shape index (κ1) is 20.5. The van der Waals surface area contributed by atoms with E-state index in [-0.39, 0.29) is 5.78 Å². The molecule has 0 saturated heterocycles. The van der Waals surface area contributed by atoms with E-state index < -0.39 is 0 Å². The number of ketones is 1. The van der Waals surface area contributed by atoms with E-state index in [1.165, 1.54) is 26.9 Å². The molecule has 0 radical (unpaired) electrons. The number of ether oxygens (including phenoxy) is 3. The molecular weight excluding hydrogens is 390 g/mol. The Kier molecular flexibility index (Phi) is 5.67. The summed E-state index contributed by atoms with van der Waals surface area (Å²) in [6, 6.07) is 18.0. The minimum Gasteiger partial charge on any atom is -0.493 e. The van der Waals surface area contributed by atoms with Crippen LogP contribution in [-0.2, 0) is 6.42 Å². The summed E-state index contributed by atoms with van der Waals surface area (Å²) in [6.07, 6.45) is 2.77. The fourth-order valence-electron chi connectivity index (χ4n) is 3.79. The molecule has 0 aliphatic heterocycles. The zero-order chi connectivity index (χ0) is 22.0. The number of hydrogen-bond acceptors (Lipinski definition) is 4. The largest absolute Gasteiger partial charge is 0.493 e. The first-order chi connectivity index (χ1) is 15.1. The average molecular weight is 415 g/mol. The third-order valence-corrected chi connectivity index (χ3v) is 5.55. The van der Waals surface area contributed by atoms with Gasteiger partial charge in [-0.25, -0.2) is 0 Å². The lowest BCUT2D eigenvalue weighted by molar-refractivity contribution is 0.103. The Bertz CT molecular complexity index is 1210. The highest BCUT2D eigenvalue weighted by Gasteiger charge is 2.20. The minimum atomic E-state index is -0.120. The quantitative estimate of drug-likeness (QED) is 0.396. The molecule has 4 aromatic rings. The topological polar surface area (TPSA) is 60.6 Å². The van der Waals surface area contributed by atoms with Gasteiger partial charge in [-0.05, 0) is 41.3 Å². The molecule has 0 fully saturated rings. The molecule has 0 aliphatic rings. The second kappa shape index (κ2) is 8.56. The number of rotatable bonds is 7. The van der Waals surface area contributed by atoms with Crippen molar-refractivity contribution in [2.45, 2.75) is 13.3 Å². The maximum absolute atomic E-state index is 13.3. The maximum Gasteiger partial charge on any atom is 0.203 e. The Labute approximate surface area is 181 Å².